The Labute approximate surface area is 142 Å². The first kappa shape index (κ1) is 19.0. The minimum atomic E-state index is -0.487. The lowest BCUT2D eigenvalue weighted by atomic mass is 10.1. The van der Waals surface area contributed by atoms with Crippen molar-refractivity contribution in [3.05, 3.63) is 36.9 Å². The molecule has 126 valence electrons. The Hall–Kier alpha value is -2.05. The SMILES string of the molecule is C=CCN1CCNC(CC(=O)Nc2cccc(OC)c2)C1=O.Cl. The van der Waals surface area contributed by atoms with Gasteiger partial charge in [0.1, 0.15) is 5.75 Å². The second-order valence-corrected chi connectivity index (χ2v) is 5.06. The van der Waals surface area contributed by atoms with E-state index in [1.807, 2.05) is 0 Å². The van der Waals surface area contributed by atoms with Crippen LogP contribution in [0.15, 0.2) is 36.9 Å². The van der Waals surface area contributed by atoms with E-state index in [1.54, 1.807) is 42.4 Å². The average molecular weight is 340 g/mol. The third-order valence-electron chi connectivity index (χ3n) is 3.47. The molecule has 1 unspecified atom stereocenters. The van der Waals surface area contributed by atoms with Crippen molar-refractivity contribution in [1.82, 2.24) is 10.2 Å². The van der Waals surface area contributed by atoms with Crippen molar-refractivity contribution in [1.29, 1.82) is 0 Å². The van der Waals surface area contributed by atoms with Crippen LogP contribution in [-0.2, 0) is 9.59 Å². The summed E-state index contributed by atoms with van der Waals surface area (Å²) in [6, 6.07) is 6.62. The molecule has 1 aliphatic rings. The summed E-state index contributed by atoms with van der Waals surface area (Å²) in [5.41, 5.74) is 0.649. The Morgan fingerprint density at radius 1 is 1.57 bits per heavy atom. The zero-order chi connectivity index (χ0) is 15.9. The Morgan fingerprint density at radius 3 is 3.04 bits per heavy atom. The van der Waals surface area contributed by atoms with E-state index in [4.69, 9.17) is 4.74 Å². The van der Waals surface area contributed by atoms with Gasteiger partial charge in [0, 0.05) is 31.4 Å². The number of carbonyl (C=O) groups is 2. The molecule has 1 aromatic rings. The second-order valence-electron chi connectivity index (χ2n) is 5.06. The van der Waals surface area contributed by atoms with Gasteiger partial charge in [0.25, 0.3) is 0 Å². The topological polar surface area (TPSA) is 70.7 Å². The second kappa shape index (κ2) is 9.17. The summed E-state index contributed by atoms with van der Waals surface area (Å²) >= 11 is 0. The van der Waals surface area contributed by atoms with Crippen molar-refractivity contribution < 1.29 is 14.3 Å². The van der Waals surface area contributed by atoms with Crippen LogP contribution in [-0.4, -0.2) is 49.5 Å². The highest BCUT2D eigenvalue weighted by Crippen LogP contribution is 2.17. The highest BCUT2D eigenvalue weighted by Gasteiger charge is 2.29. The summed E-state index contributed by atoms with van der Waals surface area (Å²) in [7, 11) is 1.57. The largest absolute Gasteiger partial charge is 0.497 e. The molecule has 0 radical (unpaired) electrons. The Morgan fingerprint density at radius 2 is 2.35 bits per heavy atom. The summed E-state index contributed by atoms with van der Waals surface area (Å²) in [4.78, 5) is 26.0. The molecule has 2 N–H and O–H groups in total. The Kier molecular flexibility index (Phi) is 7.57. The van der Waals surface area contributed by atoms with Crippen LogP contribution in [0.2, 0.25) is 0 Å². The number of anilines is 1. The lowest BCUT2D eigenvalue weighted by molar-refractivity contribution is -0.136. The lowest BCUT2D eigenvalue weighted by Crippen LogP contribution is -2.55. The van der Waals surface area contributed by atoms with Gasteiger partial charge >= 0.3 is 0 Å². The third kappa shape index (κ3) is 5.26. The molecule has 1 atom stereocenters. The zero-order valence-corrected chi connectivity index (χ0v) is 13.9. The number of hydrogen-bond donors (Lipinski definition) is 2. The quantitative estimate of drug-likeness (QED) is 0.769. The Balaban J connectivity index is 0.00000264. The van der Waals surface area contributed by atoms with E-state index in [9.17, 15) is 9.59 Å². The smallest absolute Gasteiger partial charge is 0.240 e. The van der Waals surface area contributed by atoms with Gasteiger partial charge in [-0.15, -0.1) is 19.0 Å². The molecular weight excluding hydrogens is 318 g/mol. The molecular formula is C16H22ClN3O3. The fourth-order valence-corrected chi connectivity index (χ4v) is 2.39. The van der Waals surface area contributed by atoms with Gasteiger partial charge in [-0.25, -0.2) is 0 Å². The first-order valence-electron chi connectivity index (χ1n) is 7.21. The molecule has 1 aromatic carbocycles. The Bertz CT molecular complexity index is 565. The van der Waals surface area contributed by atoms with Crippen molar-refractivity contribution in [2.24, 2.45) is 0 Å². The summed E-state index contributed by atoms with van der Waals surface area (Å²) in [6.45, 7) is 5.47. The predicted octanol–water partition coefficient (Wildman–Crippen LogP) is 1.43. The van der Waals surface area contributed by atoms with Crippen molar-refractivity contribution >= 4 is 29.9 Å². The molecule has 1 fully saturated rings. The van der Waals surface area contributed by atoms with Crippen LogP contribution < -0.4 is 15.4 Å². The number of hydrogen-bond acceptors (Lipinski definition) is 4. The van der Waals surface area contributed by atoms with Crippen LogP contribution in [0.4, 0.5) is 5.69 Å². The maximum atomic E-state index is 12.2. The van der Waals surface area contributed by atoms with Crippen molar-refractivity contribution in [2.45, 2.75) is 12.5 Å². The average Bonchev–Trinajstić information content (AvgIpc) is 2.51. The van der Waals surface area contributed by atoms with Gasteiger partial charge in [-0.1, -0.05) is 12.1 Å². The van der Waals surface area contributed by atoms with E-state index in [1.165, 1.54) is 0 Å². The van der Waals surface area contributed by atoms with Crippen LogP contribution in [0.25, 0.3) is 0 Å². The van der Waals surface area contributed by atoms with Gasteiger partial charge in [-0.2, -0.15) is 0 Å². The molecule has 0 aromatic heterocycles. The van der Waals surface area contributed by atoms with Crippen LogP contribution in [0.3, 0.4) is 0 Å². The number of halogens is 1. The molecule has 0 aliphatic carbocycles. The van der Waals surface area contributed by atoms with E-state index >= 15 is 0 Å². The molecule has 1 saturated heterocycles. The van der Waals surface area contributed by atoms with Crippen LogP contribution in [0.5, 0.6) is 5.75 Å². The van der Waals surface area contributed by atoms with Gasteiger partial charge in [0.15, 0.2) is 0 Å². The van der Waals surface area contributed by atoms with Gasteiger partial charge in [0.2, 0.25) is 11.8 Å². The minimum Gasteiger partial charge on any atom is -0.497 e. The van der Waals surface area contributed by atoms with Gasteiger partial charge in [-0.05, 0) is 12.1 Å². The van der Waals surface area contributed by atoms with Crippen LogP contribution >= 0.6 is 12.4 Å². The van der Waals surface area contributed by atoms with Crippen molar-refractivity contribution in [3.8, 4) is 5.75 Å². The fraction of sp³-hybridized carbons (Fsp3) is 0.375. The first-order chi connectivity index (χ1) is 10.6. The lowest BCUT2D eigenvalue weighted by Gasteiger charge is -2.32. The molecule has 1 aliphatic heterocycles. The van der Waals surface area contributed by atoms with Crippen LogP contribution in [0.1, 0.15) is 6.42 Å². The third-order valence-corrected chi connectivity index (χ3v) is 3.47. The van der Waals surface area contributed by atoms with E-state index < -0.39 is 6.04 Å². The minimum absolute atomic E-state index is 0. The van der Waals surface area contributed by atoms with Crippen molar-refractivity contribution in [3.63, 3.8) is 0 Å². The van der Waals surface area contributed by atoms with E-state index in [-0.39, 0.29) is 30.6 Å². The normalized spacial score (nSPS) is 17.2. The maximum absolute atomic E-state index is 12.2. The molecule has 6 nitrogen and oxygen atoms in total. The number of nitrogens with zero attached hydrogens (tertiary/aromatic N) is 1. The number of piperazine rings is 1. The van der Waals surface area contributed by atoms with E-state index in [0.29, 0.717) is 31.1 Å². The highest BCUT2D eigenvalue weighted by atomic mass is 35.5. The molecule has 0 bridgehead atoms. The summed E-state index contributed by atoms with van der Waals surface area (Å²) in [5.74, 6) is 0.397. The zero-order valence-electron chi connectivity index (χ0n) is 13.1. The van der Waals surface area contributed by atoms with Gasteiger partial charge < -0.3 is 20.3 Å². The molecule has 23 heavy (non-hydrogen) atoms. The number of rotatable bonds is 6. The fourth-order valence-electron chi connectivity index (χ4n) is 2.39. The summed E-state index contributed by atoms with van der Waals surface area (Å²) in [6.07, 6.45) is 1.79. The number of nitrogens with one attached hydrogen (secondary N) is 2. The first-order valence-corrected chi connectivity index (χ1v) is 7.21. The highest BCUT2D eigenvalue weighted by molar-refractivity contribution is 5.95. The molecule has 0 saturated carbocycles. The van der Waals surface area contributed by atoms with Crippen molar-refractivity contribution in [2.75, 3.05) is 32.1 Å². The molecule has 0 spiro atoms. The number of ether oxygens (including phenoxy) is 1. The molecule has 2 amide bonds. The summed E-state index contributed by atoms with van der Waals surface area (Å²) < 4.78 is 5.11. The monoisotopic (exact) mass is 339 g/mol. The van der Waals surface area contributed by atoms with E-state index in [2.05, 4.69) is 17.2 Å². The summed E-state index contributed by atoms with van der Waals surface area (Å²) in [5, 5.41) is 5.87. The number of methoxy groups -OCH3 is 1. The molecule has 2 rings (SSSR count). The standard InChI is InChI=1S/C16H21N3O3.ClH/c1-3-8-19-9-7-17-14(16(19)21)11-15(20)18-12-5-4-6-13(10-12)22-2;/h3-6,10,14,17H,1,7-9,11H2,2H3,(H,18,20);1H. The maximum Gasteiger partial charge on any atom is 0.240 e. The van der Waals surface area contributed by atoms with Gasteiger partial charge in [-0.3, -0.25) is 9.59 Å². The predicted molar refractivity (Wildman–Crippen MR) is 92.1 cm³/mol. The van der Waals surface area contributed by atoms with E-state index in [0.717, 1.165) is 0 Å². The molecule has 1 heterocycles. The van der Waals surface area contributed by atoms with Crippen LogP contribution in [0, 0.1) is 0 Å². The molecule has 7 heteroatoms. The number of benzene rings is 1. The number of carbonyl (C=O) groups excluding carboxylic acids is 2. The number of amides is 2. The van der Waals surface area contributed by atoms with Gasteiger partial charge in [0.05, 0.1) is 19.6 Å².